The fraction of sp³-hybridized carbons (Fsp3) is 0.125. The quantitative estimate of drug-likeness (QED) is 0.683. The molecule has 1 amide bonds. The van der Waals surface area contributed by atoms with Crippen LogP contribution in [0.15, 0.2) is 28.7 Å². The predicted molar refractivity (Wildman–Crippen MR) is 87.9 cm³/mol. The Morgan fingerprint density at radius 2 is 2.09 bits per heavy atom. The van der Waals surface area contributed by atoms with Crippen LogP contribution in [0.5, 0.6) is 0 Å². The molecule has 5 nitrogen and oxygen atoms in total. The first-order valence-corrected chi connectivity index (χ1v) is 7.63. The number of aromatic nitrogens is 1. The second kappa shape index (κ2) is 5.66. The highest BCUT2D eigenvalue weighted by Gasteiger charge is 2.19. The number of ether oxygens (including phenoxy) is 1. The highest BCUT2D eigenvalue weighted by atomic mass is 79.9. The summed E-state index contributed by atoms with van der Waals surface area (Å²) < 4.78 is 19.2. The summed E-state index contributed by atoms with van der Waals surface area (Å²) in [6.45, 7) is 1.99. The highest BCUT2D eigenvalue weighted by molar-refractivity contribution is 9.10. The van der Waals surface area contributed by atoms with E-state index in [-0.39, 0.29) is 16.6 Å². The first-order chi connectivity index (χ1) is 10.9. The summed E-state index contributed by atoms with van der Waals surface area (Å²) in [6, 6.07) is 5.95. The summed E-state index contributed by atoms with van der Waals surface area (Å²) in [5, 5.41) is 1.17. The minimum atomic E-state index is -0.737. The van der Waals surface area contributed by atoms with Gasteiger partial charge in [-0.3, -0.25) is 4.79 Å². The second-order valence-electron chi connectivity index (χ2n) is 4.94. The molecule has 0 saturated heterocycles. The number of carbonyl (C=O) groups excluding carboxylic acids is 2. The van der Waals surface area contributed by atoms with Crippen LogP contribution in [0, 0.1) is 5.82 Å². The molecule has 23 heavy (non-hydrogen) atoms. The standard InChI is InChI=1S/C16H12BrFN2O3/c1-2-23-16(22)7-3-4-8-11(5-7)20-14-9(15(19)21)6-10(18)13(17)12(8)14/h3-6,20H,2H2,1H3,(H2,19,21). The second-order valence-corrected chi connectivity index (χ2v) is 5.73. The van der Waals surface area contributed by atoms with Crippen molar-refractivity contribution < 1.29 is 18.7 Å². The lowest BCUT2D eigenvalue weighted by molar-refractivity contribution is 0.0526. The van der Waals surface area contributed by atoms with Crippen molar-refractivity contribution in [2.24, 2.45) is 5.73 Å². The number of esters is 1. The van der Waals surface area contributed by atoms with Crippen LogP contribution in [0.1, 0.15) is 27.6 Å². The van der Waals surface area contributed by atoms with E-state index in [1.54, 1.807) is 25.1 Å². The number of aromatic amines is 1. The Morgan fingerprint density at radius 3 is 2.74 bits per heavy atom. The van der Waals surface area contributed by atoms with E-state index in [2.05, 4.69) is 20.9 Å². The molecular weight excluding hydrogens is 367 g/mol. The summed E-state index contributed by atoms with van der Waals surface area (Å²) in [4.78, 5) is 26.4. The molecular formula is C16H12BrFN2O3. The van der Waals surface area contributed by atoms with E-state index in [0.29, 0.717) is 27.4 Å². The fourth-order valence-electron chi connectivity index (χ4n) is 2.54. The Kier molecular flexibility index (Phi) is 3.81. The maximum absolute atomic E-state index is 14.0. The van der Waals surface area contributed by atoms with Gasteiger partial charge in [0.1, 0.15) is 5.82 Å². The lowest BCUT2D eigenvalue weighted by Crippen LogP contribution is -2.12. The average molecular weight is 379 g/mol. The molecule has 0 radical (unpaired) electrons. The van der Waals surface area contributed by atoms with Gasteiger partial charge in [0.2, 0.25) is 0 Å². The third kappa shape index (κ3) is 2.46. The first-order valence-electron chi connectivity index (χ1n) is 6.84. The minimum absolute atomic E-state index is 0.0505. The third-order valence-electron chi connectivity index (χ3n) is 3.54. The average Bonchev–Trinajstić information content (AvgIpc) is 2.89. The summed E-state index contributed by atoms with van der Waals surface area (Å²) in [5.74, 6) is -1.77. The van der Waals surface area contributed by atoms with Crippen LogP contribution in [0.25, 0.3) is 21.8 Å². The number of hydrogen-bond acceptors (Lipinski definition) is 3. The van der Waals surface area contributed by atoms with Crippen LogP contribution in [0.2, 0.25) is 0 Å². The Balaban J connectivity index is 2.34. The van der Waals surface area contributed by atoms with Crippen LogP contribution < -0.4 is 5.73 Å². The zero-order chi connectivity index (χ0) is 16.7. The lowest BCUT2D eigenvalue weighted by Gasteiger charge is -2.03. The molecule has 1 aromatic heterocycles. The van der Waals surface area contributed by atoms with Crippen molar-refractivity contribution in [2.45, 2.75) is 6.92 Å². The molecule has 0 aliphatic heterocycles. The van der Waals surface area contributed by atoms with Gasteiger partial charge in [0.25, 0.3) is 5.91 Å². The largest absolute Gasteiger partial charge is 0.462 e. The molecule has 0 aliphatic rings. The topological polar surface area (TPSA) is 85.2 Å². The van der Waals surface area contributed by atoms with Gasteiger partial charge in [-0.1, -0.05) is 6.07 Å². The summed E-state index contributed by atoms with van der Waals surface area (Å²) in [7, 11) is 0. The molecule has 2 aromatic carbocycles. The number of nitrogens with two attached hydrogens (primary N) is 1. The van der Waals surface area contributed by atoms with E-state index in [1.165, 1.54) is 0 Å². The predicted octanol–water partition coefficient (Wildman–Crippen LogP) is 3.50. The molecule has 3 rings (SSSR count). The van der Waals surface area contributed by atoms with Gasteiger partial charge in [-0.25, -0.2) is 9.18 Å². The van der Waals surface area contributed by atoms with Crippen molar-refractivity contribution >= 4 is 49.6 Å². The van der Waals surface area contributed by atoms with E-state index in [4.69, 9.17) is 10.5 Å². The number of benzene rings is 2. The number of primary amides is 1. The SMILES string of the molecule is CCOC(=O)c1ccc2c(c1)[nH]c1c(C(N)=O)cc(F)c(Br)c12. The van der Waals surface area contributed by atoms with Gasteiger partial charge < -0.3 is 15.5 Å². The Morgan fingerprint density at radius 1 is 1.35 bits per heavy atom. The molecule has 0 bridgehead atoms. The number of rotatable bonds is 3. The highest BCUT2D eigenvalue weighted by Crippen LogP contribution is 2.36. The van der Waals surface area contributed by atoms with E-state index in [9.17, 15) is 14.0 Å². The Bertz CT molecular complexity index is 965. The molecule has 0 unspecified atom stereocenters. The van der Waals surface area contributed by atoms with Crippen LogP contribution in [0.4, 0.5) is 4.39 Å². The smallest absolute Gasteiger partial charge is 0.338 e. The summed E-state index contributed by atoms with van der Waals surface area (Å²) >= 11 is 3.20. The van der Waals surface area contributed by atoms with E-state index < -0.39 is 17.7 Å². The molecule has 0 saturated carbocycles. The Hall–Kier alpha value is -2.41. The van der Waals surface area contributed by atoms with Gasteiger partial charge in [0, 0.05) is 16.3 Å². The van der Waals surface area contributed by atoms with Crippen molar-refractivity contribution in [3.05, 3.63) is 45.7 Å². The monoisotopic (exact) mass is 378 g/mol. The zero-order valence-electron chi connectivity index (χ0n) is 12.1. The minimum Gasteiger partial charge on any atom is -0.462 e. The fourth-order valence-corrected chi connectivity index (χ4v) is 3.07. The van der Waals surface area contributed by atoms with Gasteiger partial charge in [-0.15, -0.1) is 0 Å². The van der Waals surface area contributed by atoms with Crippen LogP contribution in [-0.2, 0) is 4.74 Å². The molecule has 0 aliphatic carbocycles. The van der Waals surface area contributed by atoms with Crippen molar-refractivity contribution in [3.63, 3.8) is 0 Å². The molecule has 118 valence electrons. The molecule has 3 N–H and O–H groups in total. The first kappa shape index (κ1) is 15.5. The molecule has 7 heteroatoms. The molecule has 0 spiro atoms. The molecule has 3 aromatic rings. The molecule has 1 heterocycles. The number of halogens is 2. The van der Waals surface area contributed by atoms with Crippen molar-refractivity contribution in [1.82, 2.24) is 4.98 Å². The maximum Gasteiger partial charge on any atom is 0.338 e. The zero-order valence-corrected chi connectivity index (χ0v) is 13.7. The summed E-state index contributed by atoms with van der Waals surface area (Å²) in [5.41, 5.74) is 6.74. The van der Waals surface area contributed by atoms with Crippen molar-refractivity contribution in [1.29, 1.82) is 0 Å². The van der Waals surface area contributed by atoms with Gasteiger partial charge in [-0.05, 0) is 41.1 Å². The van der Waals surface area contributed by atoms with Gasteiger partial charge in [0.15, 0.2) is 0 Å². The third-order valence-corrected chi connectivity index (χ3v) is 4.32. The molecule has 0 fully saturated rings. The number of H-pyrrole nitrogens is 1. The van der Waals surface area contributed by atoms with Gasteiger partial charge >= 0.3 is 5.97 Å². The van der Waals surface area contributed by atoms with Gasteiger partial charge in [-0.2, -0.15) is 0 Å². The van der Waals surface area contributed by atoms with Crippen molar-refractivity contribution in [3.8, 4) is 0 Å². The Labute approximate surface area is 138 Å². The van der Waals surface area contributed by atoms with Crippen LogP contribution >= 0.6 is 15.9 Å². The number of nitrogens with one attached hydrogen (secondary N) is 1. The van der Waals surface area contributed by atoms with E-state index in [0.717, 1.165) is 6.07 Å². The molecule has 0 atom stereocenters. The number of amides is 1. The van der Waals surface area contributed by atoms with E-state index in [1.807, 2.05) is 0 Å². The normalized spacial score (nSPS) is 11.1. The van der Waals surface area contributed by atoms with Gasteiger partial charge in [0.05, 0.1) is 27.7 Å². The number of carbonyl (C=O) groups is 2. The number of fused-ring (bicyclic) bond motifs is 3. The lowest BCUT2D eigenvalue weighted by atomic mass is 10.1. The van der Waals surface area contributed by atoms with Crippen LogP contribution in [0.3, 0.4) is 0 Å². The van der Waals surface area contributed by atoms with Crippen molar-refractivity contribution in [2.75, 3.05) is 6.61 Å². The van der Waals surface area contributed by atoms with Crippen LogP contribution in [-0.4, -0.2) is 23.5 Å². The number of hydrogen-bond donors (Lipinski definition) is 2. The van der Waals surface area contributed by atoms with E-state index >= 15 is 0 Å². The maximum atomic E-state index is 14.0. The summed E-state index contributed by atoms with van der Waals surface area (Å²) in [6.07, 6.45) is 0.